The number of benzene rings is 1. The molecule has 0 saturated carbocycles. The number of nitrogens with zero attached hydrogens (tertiary/aromatic N) is 1. The first-order chi connectivity index (χ1) is 9.78. The van der Waals surface area contributed by atoms with Gasteiger partial charge in [-0.3, -0.25) is 0 Å². The average Bonchev–Trinajstić information content (AvgIpc) is 2.54. The number of hydrogen-bond acceptors (Lipinski definition) is 3. The topological polar surface area (TPSA) is 53.2 Å². The quantitative estimate of drug-likeness (QED) is 0.840. The molecule has 3 nitrogen and oxygen atoms in total. The molecule has 1 heterocycles. The highest BCUT2D eigenvalue weighted by atomic mass is 16.5. The second-order valence-corrected chi connectivity index (χ2v) is 5.67. The van der Waals surface area contributed by atoms with E-state index in [4.69, 9.17) is 4.74 Å². The number of para-hydroxylation sites is 1. The lowest BCUT2D eigenvalue weighted by molar-refractivity contribution is 0.0290. The zero-order valence-electron chi connectivity index (χ0n) is 11.5. The van der Waals surface area contributed by atoms with Gasteiger partial charge in [-0.2, -0.15) is 5.26 Å². The number of hydrogen-bond donors (Lipinski definition) is 1. The van der Waals surface area contributed by atoms with Crippen molar-refractivity contribution >= 4 is 0 Å². The number of allylic oxidation sites excluding steroid dienone is 2. The standard InChI is InChI=1S/C17H19NO2/c18-12-17(16(19)13-6-2-1-3-7-13)10-11-20-15-9-5-4-8-14(15)17/h1-2,4-5,8-9,13,16,19H,3,6-7,10-11H2. The summed E-state index contributed by atoms with van der Waals surface area (Å²) in [5.74, 6) is 0.900. The fraction of sp³-hybridized carbons (Fsp3) is 0.471. The minimum atomic E-state index is -0.829. The van der Waals surface area contributed by atoms with E-state index in [9.17, 15) is 10.4 Å². The van der Waals surface area contributed by atoms with Gasteiger partial charge in [0.1, 0.15) is 11.2 Å². The normalized spacial score (nSPS) is 29.9. The molecule has 1 aromatic carbocycles. The second kappa shape index (κ2) is 5.30. The van der Waals surface area contributed by atoms with Gasteiger partial charge in [-0.05, 0) is 31.2 Å². The summed E-state index contributed by atoms with van der Waals surface area (Å²) >= 11 is 0. The van der Waals surface area contributed by atoms with Gasteiger partial charge in [0.15, 0.2) is 0 Å². The summed E-state index contributed by atoms with van der Waals surface area (Å²) in [5.41, 5.74) is 0.0147. The van der Waals surface area contributed by atoms with Gasteiger partial charge < -0.3 is 9.84 Å². The van der Waals surface area contributed by atoms with Gasteiger partial charge in [-0.1, -0.05) is 30.4 Å². The number of fused-ring (bicyclic) bond motifs is 1. The van der Waals surface area contributed by atoms with Crippen molar-refractivity contribution < 1.29 is 9.84 Å². The third kappa shape index (κ3) is 2.01. The number of aliphatic hydroxyl groups excluding tert-OH is 1. The highest BCUT2D eigenvalue weighted by Gasteiger charge is 2.47. The van der Waals surface area contributed by atoms with Crippen LogP contribution in [-0.2, 0) is 5.41 Å². The SMILES string of the molecule is N#CC1(C(O)C2CC=CCC2)CCOc2ccccc21. The van der Waals surface area contributed by atoms with E-state index in [0.717, 1.165) is 30.6 Å². The summed E-state index contributed by atoms with van der Waals surface area (Å²) < 4.78 is 5.64. The summed E-state index contributed by atoms with van der Waals surface area (Å²) in [6.45, 7) is 0.490. The van der Waals surface area contributed by atoms with Crippen molar-refractivity contribution in [2.75, 3.05) is 6.61 Å². The Balaban J connectivity index is 2.00. The van der Waals surface area contributed by atoms with Gasteiger partial charge in [-0.15, -0.1) is 0 Å². The fourth-order valence-corrected chi connectivity index (χ4v) is 3.41. The maximum atomic E-state index is 10.9. The van der Waals surface area contributed by atoms with Crippen LogP contribution in [0.4, 0.5) is 0 Å². The van der Waals surface area contributed by atoms with Gasteiger partial charge in [0.05, 0.1) is 18.8 Å². The van der Waals surface area contributed by atoms with Crippen LogP contribution >= 0.6 is 0 Å². The summed E-state index contributed by atoms with van der Waals surface area (Å²) in [4.78, 5) is 0. The van der Waals surface area contributed by atoms with Gasteiger partial charge in [0, 0.05) is 12.0 Å². The van der Waals surface area contributed by atoms with Crippen molar-refractivity contribution in [3.8, 4) is 11.8 Å². The van der Waals surface area contributed by atoms with E-state index >= 15 is 0 Å². The monoisotopic (exact) mass is 269 g/mol. The van der Waals surface area contributed by atoms with E-state index in [-0.39, 0.29) is 5.92 Å². The zero-order valence-corrected chi connectivity index (χ0v) is 11.5. The highest BCUT2D eigenvalue weighted by Crippen LogP contribution is 2.44. The molecule has 0 bridgehead atoms. The van der Waals surface area contributed by atoms with Gasteiger partial charge in [0.2, 0.25) is 0 Å². The van der Waals surface area contributed by atoms with Crippen LogP contribution in [0.2, 0.25) is 0 Å². The second-order valence-electron chi connectivity index (χ2n) is 5.67. The Morgan fingerprint density at radius 2 is 2.20 bits per heavy atom. The minimum Gasteiger partial charge on any atom is -0.493 e. The molecule has 0 radical (unpaired) electrons. The predicted molar refractivity (Wildman–Crippen MR) is 76.3 cm³/mol. The summed E-state index contributed by atoms with van der Waals surface area (Å²) in [7, 11) is 0. The number of rotatable bonds is 2. The van der Waals surface area contributed by atoms with E-state index in [1.54, 1.807) is 0 Å². The van der Waals surface area contributed by atoms with Crippen LogP contribution in [0, 0.1) is 17.2 Å². The molecule has 20 heavy (non-hydrogen) atoms. The van der Waals surface area contributed by atoms with Crippen molar-refractivity contribution in [2.24, 2.45) is 5.92 Å². The predicted octanol–water partition coefficient (Wildman–Crippen LogP) is 2.95. The molecule has 2 aliphatic rings. The van der Waals surface area contributed by atoms with Crippen LogP contribution < -0.4 is 4.74 Å². The summed E-state index contributed by atoms with van der Waals surface area (Å²) in [6.07, 6.45) is 6.98. The minimum absolute atomic E-state index is 0.158. The van der Waals surface area contributed by atoms with Gasteiger partial charge in [0.25, 0.3) is 0 Å². The van der Waals surface area contributed by atoms with E-state index in [0.29, 0.717) is 13.0 Å². The number of nitriles is 1. The average molecular weight is 269 g/mol. The lowest BCUT2D eigenvalue weighted by Crippen LogP contribution is -2.46. The molecule has 0 amide bonds. The molecular formula is C17H19NO2. The van der Waals surface area contributed by atoms with Gasteiger partial charge in [-0.25, -0.2) is 0 Å². The maximum absolute atomic E-state index is 10.9. The van der Waals surface area contributed by atoms with Gasteiger partial charge >= 0.3 is 0 Å². The number of ether oxygens (including phenoxy) is 1. The van der Waals surface area contributed by atoms with Crippen molar-refractivity contribution in [1.82, 2.24) is 0 Å². The maximum Gasteiger partial charge on any atom is 0.124 e. The van der Waals surface area contributed by atoms with Crippen molar-refractivity contribution in [3.05, 3.63) is 42.0 Å². The molecule has 3 unspecified atom stereocenters. The fourth-order valence-electron chi connectivity index (χ4n) is 3.41. The third-order valence-electron chi connectivity index (χ3n) is 4.58. The van der Waals surface area contributed by atoms with Crippen LogP contribution in [-0.4, -0.2) is 17.8 Å². The lowest BCUT2D eigenvalue weighted by Gasteiger charge is -2.40. The highest BCUT2D eigenvalue weighted by molar-refractivity contribution is 5.46. The van der Waals surface area contributed by atoms with E-state index in [2.05, 4.69) is 18.2 Å². The van der Waals surface area contributed by atoms with Crippen molar-refractivity contribution in [3.63, 3.8) is 0 Å². The lowest BCUT2D eigenvalue weighted by atomic mass is 9.67. The summed E-state index contributed by atoms with van der Waals surface area (Å²) in [5, 5.41) is 20.7. The molecule has 0 spiro atoms. The first-order valence-corrected chi connectivity index (χ1v) is 7.24. The van der Waals surface area contributed by atoms with Crippen molar-refractivity contribution in [1.29, 1.82) is 5.26 Å². The van der Waals surface area contributed by atoms with E-state index in [1.165, 1.54) is 0 Å². The third-order valence-corrected chi connectivity index (χ3v) is 4.58. The van der Waals surface area contributed by atoms with Crippen LogP contribution in [0.1, 0.15) is 31.2 Å². The Labute approximate surface area is 119 Å². The van der Waals surface area contributed by atoms with Crippen LogP contribution in [0.25, 0.3) is 0 Å². The molecule has 3 heteroatoms. The Hall–Kier alpha value is -1.79. The molecule has 1 aliphatic heterocycles. The van der Waals surface area contributed by atoms with Crippen LogP contribution in [0.3, 0.4) is 0 Å². The van der Waals surface area contributed by atoms with E-state index in [1.807, 2.05) is 24.3 Å². The molecule has 104 valence electrons. The van der Waals surface area contributed by atoms with E-state index < -0.39 is 11.5 Å². The number of aliphatic hydroxyl groups is 1. The smallest absolute Gasteiger partial charge is 0.124 e. The Morgan fingerprint density at radius 1 is 1.35 bits per heavy atom. The first kappa shape index (κ1) is 13.2. The molecule has 1 N–H and O–H groups in total. The molecule has 0 aromatic heterocycles. The first-order valence-electron chi connectivity index (χ1n) is 7.24. The molecule has 3 atom stereocenters. The Morgan fingerprint density at radius 3 is 2.95 bits per heavy atom. The van der Waals surface area contributed by atoms with Crippen LogP contribution in [0.15, 0.2) is 36.4 Å². The zero-order chi connectivity index (χ0) is 14.0. The largest absolute Gasteiger partial charge is 0.493 e. The molecule has 0 saturated heterocycles. The van der Waals surface area contributed by atoms with Crippen LogP contribution in [0.5, 0.6) is 5.75 Å². The molecule has 1 aromatic rings. The Kier molecular flexibility index (Phi) is 3.50. The molecular weight excluding hydrogens is 250 g/mol. The molecule has 3 rings (SSSR count). The summed E-state index contributed by atoms with van der Waals surface area (Å²) in [6, 6.07) is 10.0. The molecule has 0 fully saturated rings. The Bertz CT molecular complexity index is 560. The molecule has 1 aliphatic carbocycles. The van der Waals surface area contributed by atoms with Crippen molar-refractivity contribution in [2.45, 2.75) is 37.2 Å².